The maximum atomic E-state index is 13.0. The molecule has 2 N–H and O–H groups in total. The molecule has 1 atom stereocenters. The summed E-state index contributed by atoms with van der Waals surface area (Å²) in [6, 6.07) is 5.33. The highest BCUT2D eigenvalue weighted by Crippen LogP contribution is 2.08. The monoisotopic (exact) mass is 241 g/mol. The molecular weight excluding hydrogens is 225 g/mol. The third-order valence-electron chi connectivity index (χ3n) is 2.21. The van der Waals surface area contributed by atoms with Crippen LogP contribution in [0, 0.1) is 5.82 Å². The van der Waals surface area contributed by atoms with Crippen molar-refractivity contribution in [3.63, 3.8) is 0 Å². The second kappa shape index (κ2) is 6.32. The van der Waals surface area contributed by atoms with Crippen LogP contribution in [0.1, 0.15) is 17.3 Å². The Morgan fingerprint density at radius 1 is 1.53 bits per heavy atom. The van der Waals surface area contributed by atoms with E-state index in [2.05, 4.69) is 0 Å². The minimum Gasteiger partial charge on any atom is -0.395 e. The predicted octanol–water partition coefficient (Wildman–Crippen LogP) is 0.641. The number of amides is 1. The molecule has 0 saturated carbocycles. The van der Waals surface area contributed by atoms with Crippen molar-refractivity contribution in [2.45, 2.75) is 13.0 Å². The lowest BCUT2D eigenvalue weighted by Crippen LogP contribution is -2.38. The van der Waals surface area contributed by atoms with E-state index >= 15 is 0 Å². The van der Waals surface area contributed by atoms with E-state index in [9.17, 15) is 14.3 Å². The van der Waals surface area contributed by atoms with Crippen LogP contribution in [0.25, 0.3) is 0 Å². The van der Waals surface area contributed by atoms with Crippen molar-refractivity contribution in [3.05, 3.63) is 35.6 Å². The summed E-state index contributed by atoms with van der Waals surface area (Å²) in [5.41, 5.74) is 0.208. The fourth-order valence-corrected chi connectivity index (χ4v) is 1.52. The van der Waals surface area contributed by atoms with Gasteiger partial charge in [-0.1, -0.05) is 6.07 Å². The zero-order valence-corrected chi connectivity index (χ0v) is 9.64. The number of aliphatic hydroxyl groups is 2. The van der Waals surface area contributed by atoms with Gasteiger partial charge in [0.05, 0.1) is 12.7 Å². The van der Waals surface area contributed by atoms with Crippen LogP contribution in [0.5, 0.6) is 0 Å². The van der Waals surface area contributed by atoms with Gasteiger partial charge < -0.3 is 15.1 Å². The number of hydrogen-bond acceptors (Lipinski definition) is 3. The third kappa shape index (κ3) is 4.13. The van der Waals surface area contributed by atoms with Crippen molar-refractivity contribution < 1.29 is 19.4 Å². The Balaban J connectivity index is 2.83. The van der Waals surface area contributed by atoms with Crippen LogP contribution in [-0.2, 0) is 0 Å². The molecule has 0 aromatic heterocycles. The SMILES string of the molecule is CC(O)CN(CCO)C(=O)c1cccc(F)c1. The van der Waals surface area contributed by atoms with Gasteiger partial charge in [0, 0.05) is 18.7 Å². The Kier molecular flexibility index (Phi) is 5.06. The maximum Gasteiger partial charge on any atom is 0.254 e. The smallest absolute Gasteiger partial charge is 0.254 e. The standard InChI is InChI=1S/C12H16FNO3/c1-9(16)8-14(5-6-15)12(17)10-3-2-4-11(13)7-10/h2-4,7,9,15-16H,5-6,8H2,1H3. The number of aliphatic hydroxyl groups excluding tert-OH is 2. The van der Waals surface area contributed by atoms with Crippen molar-refractivity contribution in [2.75, 3.05) is 19.7 Å². The predicted molar refractivity (Wildman–Crippen MR) is 61.1 cm³/mol. The minimum atomic E-state index is -0.695. The van der Waals surface area contributed by atoms with Crippen LogP contribution < -0.4 is 0 Å². The second-order valence-electron chi connectivity index (χ2n) is 3.83. The number of benzene rings is 1. The molecule has 0 aliphatic heterocycles. The first-order valence-corrected chi connectivity index (χ1v) is 5.38. The maximum absolute atomic E-state index is 13.0. The van der Waals surface area contributed by atoms with E-state index in [0.717, 1.165) is 6.07 Å². The number of halogens is 1. The number of nitrogens with zero attached hydrogens (tertiary/aromatic N) is 1. The van der Waals surface area contributed by atoms with Gasteiger partial charge in [0.1, 0.15) is 5.82 Å². The summed E-state index contributed by atoms with van der Waals surface area (Å²) in [4.78, 5) is 13.3. The molecule has 0 bridgehead atoms. The summed E-state index contributed by atoms with van der Waals surface area (Å²) in [6.07, 6.45) is -0.695. The fraction of sp³-hybridized carbons (Fsp3) is 0.417. The molecule has 1 rings (SSSR count). The van der Waals surface area contributed by atoms with Gasteiger partial charge in [-0.15, -0.1) is 0 Å². The van der Waals surface area contributed by atoms with Crippen LogP contribution in [0.2, 0.25) is 0 Å². The molecular formula is C12H16FNO3. The molecule has 4 nitrogen and oxygen atoms in total. The van der Waals surface area contributed by atoms with Crippen molar-refractivity contribution in [2.24, 2.45) is 0 Å². The molecule has 0 aliphatic carbocycles. The third-order valence-corrected chi connectivity index (χ3v) is 2.21. The number of rotatable bonds is 5. The zero-order valence-electron chi connectivity index (χ0n) is 9.64. The number of carbonyl (C=O) groups excluding carboxylic acids is 1. The van der Waals surface area contributed by atoms with E-state index in [4.69, 9.17) is 5.11 Å². The first-order valence-electron chi connectivity index (χ1n) is 5.38. The van der Waals surface area contributed by atoms with Crippen LogP contribution in [0.4, 0.5) is 4.39 Å². The summed E-state index contributed by atoms with van der Waals surface area (Å²) in [5, 5.41) is 18.1. The Labute approximate surface area is 99.3 Å². The van der Waals surface area contributed by atoms with Gasteiger partial charge in [-0.2, -0.15) is 0 Å². The van der Waals surface area contributed by atoms with Gasteiger partial charge in [-0.3, -0.25) is 4.79 Å². The Bertz CT molecular complexity index is 382. The summed E-state index contributed by atoms with van der Waals surface area (Å²) in [7, 11) is 0. The van der Waals surface area contributed by atoms with Crippen LogP contribution in [-0.4, -0.2) is 46.8 Å². The van der Waals surface area contributed by atoms with Crippen molar-refractivity contribution in [3.8, 4) is 0 Å². The normalized spacial score (nSPS) is 12.2. The van der Waals surface area contributed by atoms with E-state index in [1.54, 1.807) is 6.92 Å². The molecule has 1 unspecified atom stereocenters. The molecule has 5 heteroatoms. The quantitative estimate of drug-likeness (QED) is 0.795. The molecule has 0 fully saturated rings. The van der Waals surface area contributed by atoms with Gasteiger partial charge in [-0.25, -0.2) is 4.39 Å². The molecule has 0 heterocycles. The zero-order chi connectivity index (χ0) is 12.8. The summed E-state index contributed by atoms with van der Waals surface area (Å²) in [5.74, 6) is -0.892. The lowest BCUT2D eigenvalue weighted by molar-refractivity contribution is 0.0604. The molecule has 0 spiro atoms. The lowest BCUT2D eigenvalue weighted by atomic mass is 10.2. The van der Waals surface area contributed by atoms with Crippen molar-refractivity contribution in [1.82, 2.24) is 4.90 Å². The molecule has 94 valence electrons. The summed E-state index contributed by atoms with van der Waals surface area (Å²) < 4.78 is 13.0. The van der Waals surface area contributed by atoms with Gasteiger partial charge in [0.2, 0.25) is 0 Å². The van der Waals surface area contributed by atoms with Crippen LogP contribution in [0.15, 0.2) is 24.3 Å². The van der Waals surface area contributed by atoms with Gasteiger partial charge in [0.15, 0.2) is 0 Å². The van der Waals surface area contributed by atoms with Gasteiger partial charge in [0.25, 0.3) is 5.91 Å². The van der Waals surface area contributed by atoms with E-state index < -0.39 is 17.8 Å². The summed E-state index contributed by atoms with van der Waals surface area (Å²) in [6.45, 7) is 1.56. The fourth-order valence-electron chi connectivity index (χ4n) is 1.52. The Morgan fingerprint density at radius 3 is 2.76 bits per heavy atom. The molecule has 17 heavy (non-hydrogen) atoms. The lowest BCUT2D eigenvalue weighted by Gasteiger charge is -2.23. The number of carbonyl (C=O) groups is 1. The van der Waals surface area contributed by atoms with E-state index in [-0.39, 0.29) is 25.3 Å². The van der Waals surface area contributed by atoms with E-state index in [1.165, 1.54) is 23.1 Å². The molecule has 1 aromatic rings. The first-order chi connectivity index (χ1) is 8.04. The highest BCUT2D eigenvalue weighted by atomic mass is 19.1. The molecule has 0 aliphatic rings. The van der Waals surface area contributed by atoms with Crippen molar-refractivity contribution >= 4 is 5.91 Å². The molecule has 0 radical (unpaired) electrons. The van der Waals surface area contributed by atoms with E-state index in [0.29, 0.717) is 0 Å². The minimum absolute atomic E-state index is 0.107. The topological polar surface area (TPSA) is 60.8 Å². The highest BCUT2D eigenvalue weighted by molar-refractivity contribution is 5.94. The van der Waals surface area contributed by atoms with Gasteiger partial charge >= 0.3 is 0 Å². The van der Waals surface area contributed by atoms with Crippen LogP contribution >= 0.6 is 0 Å². The highest BCUT2D eigenvalue weighted by Gasteiger charge is 2.17. The summed E-state index contributed by atoms with van der Waals surface area (Å²) >= 11 is 0. The Hall–Kier alpha value is -1.46. The molecule has 1 aromatic carbocycles. The van der Waals surface area contributed by atoms with Gasteiger partial charge in [-0.05, 0) is 25.1 Å². The molecule has 1 amide bonds. The first kappa shape index (κ1) is 13.6. The van der Waals surface area contributed by atoms with Crippen LogP contribution in [0.3, 0.4) is 0 Å². The average Bonchev–Trinajstić information content (AvgIpc) is 2.27. The average molecular weight is 241 g/mol. The Morgan fingerprint density at radius 2 is 2.24 bits per heavy atom. The largest absolute Gasteiger partial charge is 0.395 e. The number of hydrogen-bond donors (Lipinski definition) is 2. The molecule has 0 saturated heterocycles. The second-order valence-corrected chi connectivity index (χ2v) is 3.83. The van der Waals surface area contributed by atoms with Crippen molar-refractivity contribution in [1.29, 1.82) is 0 Å². The van der Waals surface area contributed by atoms with E-state index in [1.807, 2.05) is 0 Å².